The molecule has 0 aromatic rings. The average molecular weight is 200 g/mol. The Bertz CT molecular complexity index is 135. The molecule has 84 valence electrons. The number of ether oxygens (including phenoxy) is 1. The lowest BCUT2D eigenvalue weighted by Crippen LogP contribution is -2.48. The molecule has 14 heavy (non-hydrogen) atoms. The van der Waals surface area contributed by atoms with Crippen molar-refractivity contribution in [3.63, 3.8) is 0 Å². The largest absolute Gasteiger partial charge is 0.378 e. The van der Waals surface area contributed by atoms with Crippen molar-refractivity contribution in [2.75, 3.05) is 26.3 Å². The third kappa shape index (κ3) is 4.94. The van der Waals surface area contributed by atoms with Gasteiger partial charge in [0.1, 0.15) is 0 Å². The molecule has 1 fully saturated rings. The minimum Gasteiger partial charge on any atom is -0.378 e. The number of rotatable bonds is 6. The van der Waals surface area contributed by atoms with Crippen LogP contribution in [0.5, 0.6) is 0 Å². The summed E-state index contributed by atoms with van der Waals surface area (Å²) in [6.45, 7) is 8.25. The van der Waals surface area contributed by atoms with Gasteiger partial charge in [-0.1, -0.05) is 19.8 Å². The summed E-state index contributed by atoms with van der Waals surface area (Å²) in [5.74, 6) is 0. The summed E-state index contributed by atoms with van der Waals surface area (Å²) in [5.41, 5.74) is 0. The summed E-state index contributed by atoms with van der Waals surface area (Å²) in [7, 11) is 0. The minimum absolute atomic E-state index is 0.507. The van der Waals surface area contributed by atoms with Crippen LogP contribution in [-0.4, -0.2) is 38.4 Å². The van der Waals surface area contributed by atoms with Gasteiger partial charge in [-0.05, 0) is 13.3 Å². The van der Waals surface area contributed by atoms with Gasteiger partial charge >= 0.3 is 0 Å². The molecule has 2 N–H and O–H groups in total. The molecule has 0 saturated carbocycles. The van der Waals surface area contributed by atoms with Crippen LogP contribution in [0.3, 0.4) is 0 Å². The average Bonchev–Trinajstić information content (AvgIpc) is 2.25. The second-order valence-electron chi connectivity index (χ2n) is 4.18. The van der Waals surface area contributed by atoms with Gasteiger partial charge in [0.05, 0.1) is 13.2 Å². The van der Waals surface area contributed by atoms with E-state index in [2.05, 4.69) is 24.5 Å². The highest BCUT2D eigenvalue weighted by atomic mass is 16.5. The Hall–Kier alpha value is -0.120. The van der Waals surface area contributed by atoms with E-state index in [0.717, 1.165) is 26.3 Å². The predicted octanol–water partition coefficient (Wildman–Crippen LogP) is 1.14. The van der Waals surface area contributed by atoms with Crippen LogP contribution in [0, 0.1) is 0 Å². The van der Waals surface area contributed by atoms with E-state index in [-0.39, 0.29) is 0 Å². The van der Waals surface area contributed by atoms with Gasteiger partial charge in [0.2, 0.25) is 0 Å². The summed E-state index contributed by atoms with van der Waals surface area (Å²) < 4.78 is 5.39. The van der Waals surface area contributed by atoms with E-state index >= 15 is 0 Å². The lowest BCUT2D eigenvalue weighted by molar-refractivity contribution is 0.0758. The highest BCUT2D eigenvalue weighted by molar-refractivity contribution is 4.74. The number of unbranched alkanes of at least 4 members (excludes halogenated alkanes) is 1. The lowest BCUT2D eigenvalue weighted by atomic mass is 10.1. The molecule has 3 nitrogen and oxygen atoms in total. The van der Waals surface area contributed by atoms with Crippen LogP contribution in [0.15, 0.2) is 0 Å². The molecule has 0 spiro atoms. The van der Waals surface area contributed by atoms with Gasteiger partial charge in [0.25, 0.3) is 0 Å². The van der Waals surface area contributed by atoms with E-state index in [4.69, 9.17) is 4.74 Å². The van der Waals surface area contributed by atoms with E-state index in [1.165, 1.54) is 19.3 Å². The molecule has 2 atom stereocenters. The molecule has 0 bridgehead atoms. The quantitative estimate of drug-likeness (QED) is 0.674. The monoisotopic (exact) mass is 200 g/mol. The second kappa shape index (κ2) is 7.21. The van der Waals surface area contributed by atoms with Crippen molar-refractivity contribution < 1.29 is 4.74 Å². The first-order chi connectivity index (χ1) is 6.83. The fraction of sp³-hybridized carbons (Fsp3) is 1.00. The molecule has 0 aromatic carbocycles. The molecule has 1 aliphatic heterocycles. The number of morpholine rings is 1. The maximum atomic E-state index is 5.39. The zero-order valence-electron chi connectivity index (χ0n) is 9.51. The van der Waals surface area contributed by atoms with Crippen molar-refractivity contribution in [2.24, 2.45) is 0 Å². The van der Waals surface area contributed by atoms with Crippen molar-refractivity contribution in [1.82, 2.24) is 10.6 Å². The maximum Gasteiger partial charge on any atom is 0.0632 e. The Balaban J connectivity index is 2.00. The van der Waals surface area contributed by atoms with Gasteiger partial charge in [-0.15, -0.1) is 0 Å². The Labute approximate surface area is 87.6 Å². The molecule has 1 heterocycles. The Kier molecular flexibility index (Phi) is 6.15. The summed E-state index contributed by atoms with van der Waals surface area (Å²) in [6.07, 6.45) is 3.89. The molecule has 0 aliphatic carbocycles. The van der Waals surface area contributed by atoms with Gasteiger partial charge in [-0.25, -0.2) is 0 Å². The molecule has 1 aliphatic rings. The van der Waals surface area contributed by atoms with Crippen molar-refractivity contribution in [1.29, 1.82) is 0 Å². The molecule has 0 amide bonds. The molecule has 1 rings (SSSR count). The Morgan fingerprint density at radius 3 is 3.07 bits per heavy atom. The summed E-state index contributed by atoms with van der Waals surface area (Å²) in [4.78, 5) is 0. The standard InChI is InChI=1S/C11H24N2O/c1-3-4-5-10(2)13-8-11-9-14-7-6-12-11/h10-13H,3-9H2,1-2H3. The number of hydrogen-bond donors (Lipinski definition) is 2. The van der Waals surface area contributed by atoms with E-state index in [1.54, 1.807) is 0 Å². The number of hydrogen-bond acceptors (Lipinski definition) is 3. The minimum atomic E-state index is 0.507. The van der Waals surface area contributed by atoms with Crippen LogP contribution in [-0.2, 0) is 4.74 Å². The van der Waals surface area contributed by atoms with E-state index in [1.807, 2.05) is 0 Å². The van der Waals surface area contributed by atoms with Crippen LogP contribution in [0.4, 0.5) is 0 Å². The highest BCUT2D eigenvalue weighted by Gasteiger charge is 2.13. The molecular weight excluding hydrogens is 176 g/mol. The molecule has 0 radical (unpaired) electrons. The Morgan fingerprint density at radius 1 is 1.57 bits per heavy atom. The van der Waals surface area contributed by atoms with E-state index < -0.39 is 0 Å². The first-order valence-corrected chi connectivity index (χ1v) is 5.87. The molecule has 1 saturated heterocycles. The van der Waals surface area contributed by atoms with Crippen LogP contribution in [0.25, 0.3) is 0 Å². The fourth-order valence-corrected chi connectivity index (χ4v) is 1.71. The normalized spacial score (nSPS) is 24.9. The highest BCUT2D eigenvalue weighted by Crippen LogP contribution is 2.00. The van der Waals surface area contributed by atoms with Gasteiger partial charge in [0, 0.05) is 25.2 Å². The second-order valence-corrected chi connectivity index (χ2v) is 4.18. The fourth-order valence-electron chi connectivity index (χ4n) is 1.71. The van der Waals surface area contributed by atoms with E-state index in [9.17, 15) is 0 Å². The van der Waals surface area contributed by atoms with E-state index in [0.29, 0.717) is 12.1 Å². The first-order valence-electron chi connectivity index (χ1n) is 5.87. The van der Waals surface area contributed by atoms with Gasteiger partial charge in [-0.3, -0.25) is 0 Å². The Morgan fingerprint density at radius 2 is 2.43 bits per heavy atom. The van der Waals surface area contributed by atoms with Gasteiger partial charge in [0.15, 0.2) is 0 Å². The van der Waals surface area contributed by atoms with Crippen molar-refractivity contribution in [3.8, 4) is 0 Å². The first kappa shape index (κ1) is 12.0. The molecule has 2 unspecified atom stereocenters. The predicted molar refractivity (Wildman–Crippen MR) is 59.6 cm³/mol. The summed E-state index contributed by atoms with van der Waals surface area (Å²) in [5, 5.41) is 6.99. The third-order valence-electron chi connectivity index (χ3n) is 2.70. The van der Waals surface area contributed by atoms with Crippen molar-refractivity contribution in [3.05, 3.63) is 0 Å². The molecular formula is C11H24N2O. The van der Waals surface area contributed by atoms with Gasteiger partial charge < -0.3 is 15.4 Å². The molecule has 0 aromatic heterocycles. The summed E-state index contributed by atoms with van der Waals surface area (Å²) in [6, 6.07) is 1.14. The maximum absolute atomic E-state index is 5.39. The topological polar surface area (TPSA) is 33.3 Å². The van der Waals surface area contributed by atoms with Crippen LogP contribution in [0.2, 0.25) is 0 Å². The number of nitrogens with one attached hydrogen (secondary N) is 2. The SMILES string of the molecule is CCCCC(C)NCC1COCCN1. The lowest BCUT2D eigenvalue weighted by Gasteiger charge is -2.25. The van der Waals surface area contributed by atoms with Gasteiger partial charge in [-0.2, -0.15) is 0 Å². The molecule has 3 heteroatoms. The van der Waals surface area contributed by atoms with Crippen molar-refractivity contribution in [2.45, 2.75) is 45.2 Å². The summed E-state index contributed by atoms with van der Waals surface area (Å²) >= 11 is 0. The smallest absolute Gasteiger partial charge is 0.0632 e. The zero-order chi connectivity index (χ0) is 10.2. The van der Waals surface area contributed by atoms with Crippen LogP contribution < -0.4 is 10.6 Å². The zero-order valence-corrected chi connectivity index (χ0v) is 9.51. The van der Waals surface area contributed by atoms with Crippen molar-refractivity contribution >= 4 is 0 Å². The van der Waals surface area contributed by atoms with Crippen LogP contribution in [0.1, 0.15) is 33.1 Å². The van der Waals surface area contributed by atoms with Crippen LogP contribution >= 0.6 is 0 Å². The third-order valence-corrected chi connectivity index (χ3v) is 2.70.